The van der Waals surface area contributed by atoms with Gasteiger partial charge in [-0.2, -0.15) is 0 Å². The summed E-state index contributed by atoms with van der Waals surface area (Å²) in [6, 6.07) is 0.652. The number of imidazole rings is 1. The van der Waals surface area contributed by atoms with Crippen LogP contribution in [0.15, 0.2) is 12.4 Å². The Hall–Kier alpha value is -0.830. The lowest BCUT2D eigenvalue weighted by Gasteiger charge is -2.45. The summed E-state index contributed by atoms with van der Waals surface area (Å²) in [5.41, 5.74) is 0.922. The molecule has 1 aromatic rings. The molecule has 1 heterocycles. The molecule has 108 valence electrons. The van der Waals surface area contributed by atoms with Crippen LogP contribution in [-0.2, 0) is 13.5 Å². The van der Waals surface area contributed by atoms with Gasteiger partial charge in [0.1, 0.15) is 5.82 Å². The van der Waals surface area contributed by atoms with Crippen molar-refractivity contribution in [3.8, 4) is 0 Å². The molecule has 0 atom stereocenters. The van der Waals surface area contributed by atoms with E-state index in [0.717, 1.165) is 13.0 Å². The molecule has 1 fully saturated rings. The molecule has 0 spiro atoms. The van der Waals surface area contributed by atoms with Gasteiger partial charge >= 0.3 is 0 Å². The van der Waals surface area contributed by atoms with Crippen molar-refractivity contribution >= 4 is 0 Å². The SMILES string of the molecule is Cn1ccnc1CCNC1CC(C)(C)CC(C)(C)C1. The highest BCUT2D eigenvalue weighted by Gasteiger charge is 2.37. The highest BCUT2D eigenvalue weighted by atomic mass is 15.0. The van der Waals surface area contributed by atoms with E-state index in [2.05, 4.69) is 49.6 Å². The fourth-order valence-corrected chi connectivity index (χ4v) is 4.02. The molecule has 0 amide bonds. The first-order valence-electron chi connectivity index (χ1n) is 7.47. The molecule has 3 nitrogen and oxygen atoms in total. The van der Waals surface area contributed by atoms with E-state index >= 15 is 0 Å². The van der Waals surface area contributed by atoms with Crippen molar-refractivity contribution in [2.45, 2.75) is 59.4 Å². The zero-order chi connectivity index (χ0) is 14.1. The van der Waals surface area contributed by atoms with Crippen LogP contribution in [0.3, 0.4) is 0 Å². The number of hydrogen-bond acceptors (Lipinski definition) is 2. The van der Waals surface area contributed by atoms with E-state index in [9.17, 15) is 0 Å². The predicted molar refractivity (Wildman–Crippen MR) is 80.1 cm³/mol. The molecule has 1 aliphatic carbocycles. The second-order valence-electron chi connectivity index (χ2n) is 7.77. The first-order valence-corrected chi connectivity index (χ1v) is 7.47. The van der Waals surface area contributed by atoms with Gasteiger partial charge in [0.15, 0.2) is 0 Å². The van der Waals surface area contributed by atoms with Crippen LogP contribution in [-0.4, -0.2) is 22.1 Å². The Morgan fingerprint density at radius 2 is 1.89 bits per heavy atom. The Labute approximate surface area is 117 Å². The van der Waals surface area contributed by atoms with Gasteiger partial charge in [0.25, 0.3) is 0 Å². The minimum atomic E-state index is 0.461. The summed E-state index contributed by atoms with van der Waals surface area (Å²) in [7, 11) is 2.06. The molecule has 1 aromatic heterocycles. The van der Waals surface area contributed by atoms with Gasteiger partial charge in [0.2, 0.25) is 0 Å². The molecule has 0 aliphatic heterocycles. The molecule has 3 heteroatoms. The highest BCUT2D eigenvalue weighted by molar-refractivity contribution is 4.94. The first kappa shape index (κ1) is 14.6. The summed E-state index contributed by atoms with van der Waals surface area (Å²) in [5, 5.41) is 3.74. The lowest BCUT2D eigenvalue weighted by molar-refractivity contribution is 0.0853. The Morgan fingerprint density at radius 3 is 2.42 bits per heavy atom. The van der Waals surface area contributed by atoms with Crippen molar-refractivity contribution < 1.29 is 0 Å². The molecule has 0 bridgehead atoms. The topological polar surface area (TPSA) is 29.9 Å². The molecule has 1 N–H and O–H groups in total. The molecule has 19 heavy (non-hydrogen) atoms. The summed E-state index contributed by atoms with van der Waals surface area (Å²) in [6.45, 7) is 10.6. The smallest absolute Gasteiger partial charge is 0.109 e. The third-order valence-electron chi connectivity index (χ3n) is 4.26. The van der Waals surface area contributed by atoms with Crippen LogP contribution in [0.1, 0.15) is 52.8 Å². The minimum Gasteiger partial charge on any atom is -0.338 e. The zero-order valence-corrected chi connectivity index (χ0v) is 13.2. The van der Waals surface area contributed by atoms with Crippen LogP contribution >= 0.6 is 0 Å². The summed E-state index contributed by atoms with van der Waals surface area (Å²) in [4.78, 5) is 4.38. The fourth-order valence-electron chi connectivity index (χ4n) is 4.02. The largest absolute Gasteiger partial charge is 0.338 e. The summed E-state index contributed by atoms with van der Waals surface area (Å²) in [6.07, 6.45) is 8.82. The van der Waals surface area contributed by atoms with Gasteiger partial charge < -0.3 is 9.88 Å². The van der Waals surface area contributed by atoms with Crippen molar-refractivity contribution in [3.63, 3.8) is 0 Å². The molecule has 0 radical (unpaired) electrons. The number of aromatic nitrogens is 2. The number of nitrogens with one attached hydrogen (secondary N) is 1. The quantitative estimate of drug-likeness (QED) is 0.904. The monoisotopic (exact) mass is 263 g/mol. The van der Waals surface area contributed by atoms with E-state index in [1.807, 2.05) is 12.4 Å². The van der Waals surface area contributed by atoms with Crippen molar-refractivity contribution in [1.82, 2.24) is 14.9 Å². The van der Waals surface area contributed by atoms with E-state index in [4.69, 9.17) is 0 Å². The molecule has 0 aromatic carbocycles. The average Bonchev–Trinajstić information content (AvgIpc) is 2.59. The second kappa shape index (κ2) is 5.28. The van der Waals surface area contributed by atoms with Crippen LogP contribution in [0.5, 0.6) is 0 Å². The van der Waals surface area contributed by atoms with Crippen LogP contribution in [0.2, 0.25) is 0 Å². The Morgan fingerprint density at radius 1 is 1.26 bits per heavy atom. The first-order chi connectivity index (χ1) is 8.77. The van der Waals surface area contributed by atoms with Gasteiger partial charge in [-0.3, -0.25) is 0 Å². The Bertz CT molecular complexity index is 401. The van der Waals surface area contributed by atoms with Crippen LogP contribution in [0, 0.1) is 10.8 Å². The number of rotatable bonds is 4. The molecule has 1 saturated carbocycles. The van der Waals surface area contributed by atoms with Gasteiger partial charge in [-0.05, 0) is 30.1 Å². The summed E-state index contributed by atoms with van der Waals surface area (Å²) < 4.78 is 2.11. The van der Waals surface area contributed by atoms with Crippen molar-refractivity contribution in [1.29, 1.82) is 0 Å². The third kappa shape index (κ3) is 4.07. The van der Waals surface area contributed by atoms with Gasteiger partial charge in [-0.15, -0.1) is 0 Å². The lowest BCUT2D eigenvalue weighted by Crippen LogP contribution is -2.44. The fraction of sp³-hybridized carbons (Fsp3) is 0.812. The van der Waals surface area contributed by atoms with Crippen LogP contribution < -0.4 is 5.32 Å². The van der Waals surface area contributed by atoms with Crippen LogP contribution in [0.4, 0.5) is 0 Å². The van der Waals surface area contributed by atoms with Crippen molar-refractivity contribution in [2.75, 3.05) is 6.54 Å². The van der Waals surface area contributed by atoms with E-state index in [0.29, 0.717) is 16.9 Å². The molecular weight excluding hydrogens is 234 g/mol. The molecular formula is C16H29N3. The second-order valence-corrected chi connectivity index (χ2v) is 7.77. The van der Waals surface area contributed by atoms with Gasteiger partial charge in [0, 0.05) is 38.4 Å². The maximum absolute atomic E-state index is 4.38. The minimum absolute atomic E-state index is 0.461. The van der Waals surface area contributed by atoms with Gasteiger partial charge in [0.05, 0.1) is 0 Å². The van der Waals surface area contributed by atoms with Crippen molar-refractivity contribution in [3.05, 3.63) is 18.2 Å². The van der Waals surface area contributed by atoms with Gasteiger partial charge in [-0.25, -0.2) is 4.98 Å². The van der Waals surface area contributed by atoms with E-state index < -0.39 is 0 Å². The molecule has 1 aliphatic rings. The number of hydrogen-bond donors (Lipinski definition) is 1. The predicted octanol–water partition coefficient (Wildman–Crippen LogP) is 3.16. The number of nitrogens with zero attached hydrogens (tertiary/aromatic N) is 2. The van der Waals surface area contributed by atoms with Crippen molar-refractivity contribution in [2.24, 2.45) is 17.9 Å². The summed E-state index contributed by atoms with van der Waals surface area (Å²) in [5.74, 6) is 1.17. The Kier molecular flexibility index (Phi) is 4.05. The summed E-state index contributed by atoms with van der Waals surface area (Å²) >= 11 is 0. The highest BCUT2D eigenvalue weighted by Crippen LogP contribution is 2.45. The van der Waals surface area contributed by atoms with E-state index in [1.54, 1.807) is 0 Å². The molecule has 0 saturated heterocycles. The zero-order valence-electron chi connectivity index (χ0n) is 13.2. The maximum Gasteiger partial charge on any atom is 0.109 e. The normalized spacial score (nSPS) is 22.6. The van der Waals surface area contributed by atoms with Crippen LogP contribution in [0.25, 0.3) is 0 Å². The molecule has 0 unspecified atom stereocenters. The molecule has 2 rings (SSSR count). The van der Waals surface area contributed by atoms with Gasteiger partial charge in [-0.1, -0.05) is 27.7 Å². The maximum atomic E-state index is 4.38. The lowest BCUT2D eigenvalue weighted by atomic mass is 9.63. The Balaban J connectivity index is 1.84. The third-order valence-corrected chi connectivity index (χ3v) is 4.26. The standard InChI is InChI=1S/C16H29N3/c1-15(2)10-13(11-16(3,4)12-15)17-7-6-14-18-8-9-19(14)5/h8-9,13,17H,6-7,10-12H2,1-5H3. The average molecular weight is 263 g/mol. The number of aryl methyl sites for hydroxylation is 1. The van der Waals surface area contributed by atoms with E-state index in [1.165, 1.54) is 25.1 Å². The van der Waals surface area contributed by atoms with E-state index in [-0.39, 0.29) is 0 Å².